The average Bonchev–Trinajstić information content (AvgIpc) is 2.50. The molecular formula is C17H29FN2O2. The number of halogens is 1. The number of benzene rings is 1. The number of ether oxygens (including phenoxy) is 2. The molecule has 5 heteroatoms. The molecular weight excluding hydrogens is 283 g/mol. The highest BCUT2D eigenvalue weighted by molar-refractivity contribution is 5.45. The van der Waals surface area contributed by atoms with Crippen molar-refractivity contribution in [3.8, 4) is 11.5 Å². The fourth-order valence-electron chi connectivity index (χ4n) is 2.65. The van der Waals surface area contributed by atoms with E-state index in [1.165, 1.54) is 6.07 Å². The van der Waals surface area contributed by atoms with Gasteiger partial charge in [0.05, 0.1) is 13.2 Å². The van der Waals surface area contributed by atoms with Crippen LogP contribution in [0, 0.1) is 17.7 Å². The van der Waals surface area contributed by atoms with Crippen molar-refractivity contribution in [1.29, 1.82) is 0 Å². The topological polar surface area (TPSA) is 70.5 Å². The summed E-state index contributed by atoms with van der Waals surface area (Å²) in [6.45, 7) is 9.78. The zero-order chi connectivity index (χ0) is 16.7. The van der Waals surface area contributed by atoms with E-state index in [2.05, 4.69) is 6.92 Å². The minimum absolute atomic E-state index is 0.00742. The Bertz CT molecular complexity index is 464. The summed E-state index contributed by atoms with van der Waals surface area (Å²) in [4.78, 5) is 0. The molecule has 0 aliphatic carbocycles. The summed E-state index contributed by atoms with van der Waals surface area (Å²) in [5, 5.41) is 0. The van der Waals surface area contributed by atoms with Crippen LogP contribution in [0.3, 0.4) is 0 Å². The van der Waals surface area contributed by atoms with Gasteiger partial charge in [-0.2, -0.15) is 0 Å². The molecule has 0 saturated heterocycles. The largest absolute Gasteiger partial charge is 0.490 e. The van der Waals surface area contributed by atoms with Crippen molar-refractivity contribution >= 4 is 0 Å². The van der Waals surface area contributed by atoms with E-state index in [9.17, 15) is 4.39 Å². The molecule has 1 rings (SSSR count). The van der Waals surface area contributed by atoms with E-state index in [1.807, 2.05) is 20.8 Å². The highest BCUT2D eigenvalue weighted by atomic mass is 19.1. The number of nitrogens with two attached hydrogens (primary N) is 2. The van der Waals surface area contributed by atoms with Crippen LogP contribution in [0.1, 0.15) is 39.2 Å². The van der Waals surface area contributed by atoms with Crippen molar-refractivity contribution in [2.75, 3.05) is 26.3 Å². The maximum Gasteiger partial charge on any atom is 0.164 e. The lowest BCUT2D eigenvalue weighted by atomic mass is 9.80. The van der Waals surface area contributed by atoms with Gasteiger partial charge in [0, 0.05) is 6.07 Å². The van der Waals surface area contributed by atoms with Gasteiger partial charge >= 0.3 is 0 Å². The molecule has 0 bridgehead atoms. The summed E-state index contributed by atoms with van der Waals surface area (Å²) < 4.78 is 25.5. The van der Waals surface area contributed by atoms with Crippen LogP contribution in [0.15, 0.2) is 12.1 Å². The quantitative estimate of drug-likeness (QED) is 0.735. The van der Waals surface area contributed by atoms with Gasteiger partial charge in [0.1, 0.15) is 5.82 Å². The van der Waals surface area contributed by atoms with Crippen molar-refractivity contribution in [2.24, 2.45) is 23.3 Å². The molecule has 0 spiro atoms. The van der Waals surface area contributed by atoms with Gasteiger partial charge in [-0.15, -0.1) is 0 Å². The Kier molecular flexibility index (Phi) is 7.62. The molecule has 2 unspecified atom stereocenters. The van der Waals surface area contributed by atoms with Gasteiger partial charge in [-0.05, 0) is 56.3 Å². The molecule has 0 aliphatic rings. The highest BCUT2D eigenvalue weighted by Crippen LogP contribution is 2.37. The molecule has 0 fully saturated rings. The second-order valence-corrected chi connectivity index (χ2v) is 5.57. The first kappa shape index (κ1) is 18.7. The van der Waals surface area contributed by atoms with Crippen LogP contribution in [0.4, 0.5) is 4.39 Å². The van der Waals surface area contributed by atoms with E-state index in [0.717, 1.165) is 0 Å². The van der Waals surface area contributed by atoms with Crippen molar-refractivity contribution in [3.63, 3.8) is 0 Å². The predicted molar refractivity (Wildman–Crippen MR) is 87.9 cm³/mol. The van der Waals surface area contributed by atoms with Gasteiger partial charge in [-0.25, -0.2) is 4.39 Å². The van der Waals surface area contributed by atoms with E-state index in [0.29, 0.717) is 43.4 Å². The Morgan fingerprint density at radius 2 is 1.50 bits per heavy atom. The van der Waals surface area contributed by atoms with Crippen molar-refractivity contribution in [3.05, 3.63) is 23.5 Å². The molecule has 2 atom stereocenters. The number of hydrogen-bond donors (Lipinski definition) is 2. The maximum absolute atomic E-state index is 14.5. The van der Waals surface area contributed by atoms with Gasteiger partial charge in [0.15, 0.2) is 11.5 Å². The van der Waals surface area contributed by atoms with Crippen LogP contribution in [0.2, 0.25) is 0 Å². The fourth-order valence-corrected chi connectivity index (χ4v) is 2.65. The van der Waals surface area contributed by atoms with E-state index in [1.54, 1.807) is 6.07 Å². The van der Waals surface area contributed by atoms with Crippen molar-refractivity contribution in [1.82, 2.24) is 0 Å². The number of rotatable bonds is 9. The second kappa shape index (κ2) is 8.96. The summed E-state index contributed by atoms with van der Waals surface area (Å²) in [6, 6.07) is 3.15. The molecule has 0 saturated carbocycles. The molecule has 4 N–H and O–H groups in total. The molecule has 4 nitrogen and oxygen atoms in total. The Morgan fingerprint density at radius 1 is 1.00 bits per heavy atom. The van der Waals surface area contributed by atoms with E-state index in [4.69, 9.17) is 20.9 Å². The van der Waals surface area contributed by atoms with Gasteiger partial charge in [-0.3, -0.25) is 0 Å². The molecule has 0 amide bonds. The van der Waals surface area contributed by atoms with Crippen LogP contribution in [-0.4, -0.2) is 26.3 Å². The van der Waals surface area contributed by atoms with Crippen LogP contribution in [0.5, 0.6) is 11.5 Å². The first-order chi connectivity index (χ1) is 10.5. The summed E-state index contributed by atoms with van der Waals surface area (Å²) in [5.74, 6) is 1.08. The minimum Gasteiger partial charge on any atom is -0.490 e. The smallest absolute Gasteiger partial charge is 0.164 e. The van der Waals surface area contributed by atoms with E-state index < -0.39 is 0 Å². The first-order valence-corrected chi connectivity index (χ1v) is 7.99. The molecule has 0 aliphatic heterocycles. The Balaban J connectivity index is 3.14. The Labute approximate surface area is 133 Å². The van der Waals surface area contributed by atoms with Crippen LogP contribution in [-0.2, 0) is 0 Å². The third-order valence-electron chi connectivity index (χ3n) is 4.29. The SMILES string of the molecule is CCOc1cc(F)c(C(C)C(C)C(CN)CN)cc1OCC. The monoisotopic (exact) mass is 312 g/mol. The Morgan fingerprint density at radius 3 is 1.95 bits per heavy atom. The zero-order valence-electron chi connectivity index (χ0n) is 14.1. The fraction of sp³-hybridized carbons (Fsp3) is 0.647. The van der Waals surface area contributed by atoms with Gasteiger partial charge in [-0.1, -0.05) is 13.8 Å². The highest BCUT2D eigenvalue weighted by Gasteiger charge is 2.25. The lowest BCUT2D eigenvalue weighted by Gasteiger charge is -2.28. The van der Waals surface area contributed by atoms with Gasteiger partial charge in [0.25, 0.3) is 0 Å². The molecule has 22 heavy (non-hydrogen) atoms. The third kappa shape index (κ3) is 4.34. The molecule has 0 radical (unpaired) electrons. The zero-order valence-corrected chi connectivity index (χ0v) is 14.1. The Hall–Kier alpha value is -1.33. The van der Waals surface area contributed by atoms with Crippen LogP contribution in [0.25, 0.3) is 0 Å². The molecule has 126 valence electrons. The third-order valence-corrected chi connectivity index (χ3v) is 4.29. The summed E-state index contributed by atoms with van der Waals surface area (Å²) in [6.07, 6.45) is 0. The first-order valence-electron chi connectivity index (χ1n) is 7.99. The van der Waals surface area contributed by atoms with E-state index >= 15 is 0 Å². The molecule has 1 aromatic rings. The van der Waals surface area contributed by atoms with Crippen molar-refractivity contribution in [2.45, 2.75) is 33.6 Å². The molecule has 0 heterocycles. The van der Waals surface area contributed by atoms with Gasteiger partial charge in [0.2, 0.25) is 0 Å². The molecule has 0 aromatic heterocycles. The van der Waals surface area contributed by atoms with Crippen molar-refractivity contribution < 1.29 is 13.9 Å². The normalized spacial score (nSPS) is 14.0. The standard InChI is InChI=1S/C17H29FN2O2/c1-5-21-16-7-14(15(18)8-17(16)22-6-2)12(4)11(3)13(9-19)10-20/h7-8,11-13H,5-6,9-10,19-20H2,1-4H3. The maximum atomic E-state index is 14.5. The second-order valence-electron chi connectivity index (χ2n) is 5.57. The number of hydrogen-bond acceptors (Lipinski definition) is 4. The van der Waals surface area contributed by atoms with Crippen LogP contribution >= 0.6 is 0 Å². The predicted octanol–water partition coefficient (Wildman–Crippen LogP) is 2.90. The van der Waals surface area contributed by atoms with Crippen LogP contribution < -0.4 is 20.9 Å². The van der Waals surface area contributed by atoms with E-state index in [-0.39, 0.29) is 23.6 Å². The van der Waals surface area contributed by atoms with Gasteiger partial charge < -0.3 is 20.9 Å². The molecule has 1 aromatic carbocycles. The minimum atomic E-state index is -0.279. The average molecular weight is 312 g/mol. The lowest BCUT2D eigenvalue weighted by Crippen LogP contribution is -2.31. The summed E-state index contributed by atoms with van der Waals surface area (Å²) in [7, 11) is 0. The summed E-state index contributed by atoms with van der Waals surface area (Å²) >= 11 is 0. The summed E-state index contributed by atoms with van der Waals surface area (Å²) in [5.41, 5.74) is 12.1. The lowest BCUT2D eigenvalue weighted by molar-refractivity contribution is 0.282.